The van der Waals surface area contributed by atoms with Gasteiger partial charge in [-0.1, -0.05) is 60.7 Å². The standard InChI is InChI=1S/C24H26N2O6/c1-16(27)26-20-22(28-13-12-25)21-19(15-30-23(32-21)18-10-6-3-7-11-18)31-24(20)29-14-17-8-4-2-5-9-17/h2-11,19-24H,13-15H2,1H3,(H,26,27)/t19-,20-,21+,22+,23-,24+/m0/s1. The van der Waals surface area contributed by atoms with Crippen LogP contribution in [0.25, 0.3) is 0 Å². The highest BCUT2D eigenvalue weighted by Gasteiger charge is 2.51. The second-order valence-corrected chi connectivity index (χ2v) is 7.68. The molecule has 4 rings (SSSR count). The average Bonchev–Trinajstić information content (AvgIpc) is 2.82. The fourth-order valence-corrected chi connectivity index (χ4v) is 3.97. The van der Waals surface area contributed by atoms with Crippen LogP contribution in [0, 0.1) is 11.3 Å². The van der Waals surface area contributed by atoms with E-state index in [0.717, 1.165) is 11.1 Å². The van der Waals surface area contributed by atoms with Crippen LogP contribution in [0.3, 0.4) is 0 Å². The molecule has 6 atom stereocenters. The normalized spacial score (nSPS) is 29.5. The summed E-state index contributed by atoms with van der Waals surface area (Å²) in [5.41, 5.74) is 1.83. The molecule has 0 bridgehead atoms. The second kappa shape index (κ2) is 10.7. The highest BCUT2D eigenvalue weighted by Crippen LogP contribution is 2.35. The Morgan fingerprint density at radius 1 is 1.09 bits per heavy atom. The molecule has 0 aromatic heterocycles. The van der Waals surface area contributed by atoms with Crippen LogP contribution in [-0.4, -0.2) is 49.8 Å². The number of benzene rings is 2. The highest BCUT2D eigenvalue weighted by molar-refractivity contribution is 5.73. The summed E-state index contributed by atoms with van der Waals surface area (Å²) < 4.78 is 30.2. The molecule has 8 nitrogen and oxygen atoms in total. The fourth-order valence-electron chi connectivity index (χ4n) is 3.97. The first-order chi connectivity index (χ1) is 15.7. The zero-order valence-electron chi connectivity index (χ0n) is 17.8. The summed E-state index contributed by atoms with van der Waals surface area (Å²) in [4.78, 5) is 12.0. The third-order valence-electron chi connectivity index (χ3n) is 5.38. The summed E-state index contributed by atoms with van der Waals surface area (Å²) in [6.07, 6.45) is -3.10. The smallest absolute Gasteiger partial charge is 0.217 e. The monoisotopic (exact) mass is 438 g/mol. The first-order valence-electron chi connectivity index (χ1n) is 10.5. The molecule has 0 aliphatic carbocycles. The van der Waals surface area contributed by atoms with Crippen LogP contribution in [-0.2, 0) is 35.1 Å². The Morgan fingerprint density at radius 2 is 1.81 bits per heavy atom. The SMILES string of the molecule is CC(=O)N[C@@H]1[C@H](OCc2ccccc2)O[C@H]2CO[C@H](c3ccccc3)O[C@H]2[C@@H]1OCC#N. The van der Waals surface area contributed by atoms with E-state index in [1.807, 2.05) is 66.7 Å². The lowest BCUT2D eigenvalue weighted by atomic mass is 9.95. The predicted octanol–water partition coefficient (Wildman–Crippen LogP) is 2.46. The van der Waals surface area contributed by atoms with E-state index in [9.17, 15) is 4.79 Å². The van der Waals surface area contributed by atoms with Crippen molar-refractivity contribution in [1.29, 1.82) is 5.26 Å². The quantitative estimate of drug-likeness (QED) is 0.709. The summed E-state index contributed by atoms with van der Waals surface area (Å²) in [6.45, 7) is 1.81. The van der Waals surface area contributed by atoms with E-state index in [4.69, 9.17) is 28.9 Å². The molecule has 8 heteroatoms. The molecular weight excluding hydrogens is 412 g/mol. The molecule has 1 N–H and O–H groups in total. The largest absolute Gasteiger partial charge is 0.358 e. The van der Waals surface area contributed by atoms with Crippen molar-refractivity contribution in [2.24, 2.45) is 0 Å². The van der Waals surface area contributed by atoms with Crippen LogP contribution in [0.15, 0.2) is 60.7 Å². The minimum Gasteiger partial charge on any atom is -0.358 e. The summed E-state index contributed by atoms with van der Waals surface area (Å²) >= 11 is 0. The highest BCUT2D eigenvalue weighted by atomic mass is 16.7. The van der Waals surface area contributed by atoms with Crippen molar-refractivity contribution in [1.82, 2.24) is 5.32 Å². The first kappa shape index (κ1) is 22.4. The molecule has 0 unspecified atom stereocenters. The van der Waals surface area contributed by atoms with Gasteiger partial charge in [0.25, 0.3) is 0 Å². The Morgan fingerprint density at radius 3 is 2.50 bits per heavy atom. The van der Waals surface area contributed by atoms with E-state index < -0.39 is 36.9 Å². The van der Waals surface area contributed by atoms with E-state index in [1.54, 1.807) is 0 Å². The Bertz CT molecular complexity index is 919. The average molecular weight is 438 g/mol. The summed E-state index contributed by atoms with van der Waals surface area (Å²) in [5.74, 6) is -0.261. The van der Waals surface area contributed by atoms with Gasteiger partial charge < -0.3 is 29.0 Å². The van der Waals surface area contributed by atoms with E-state index in [2.05, 4.69) is 5.32 Å². The van der Waals surface area contributed by atoms with Gasteiger partial charge in [-0.25, -0.2) is 0 Å². The van der Waals surface area contributed by atoms with Crippen LogP contribution in [0.5, 0.6) is 0 Å². The van der Waals surface area contributed by atoms with Gasteiger partial charge in [-0.05, 0) is 5.56 Å². The number of rotatable bonds is 7. The van der Waals surface area contributed by atoms with Gasteiger partial charge in [0.15, 0.2) is 12.6 Å². The Balaban J connectivity index is 1.55. The molecule has 2 aliphatic rings. The topological polar surface area (TPSA) is 99.0 Å². The maximum absolute atomic E-state index is 12.0. The van der Waals surface area contributed by atoms with Crippen LogP contribution in [0.1, 0.15) is 24.3 Å². The van der Waals surface area contributed by atoms with Gasteiger partial charge in [0, 0.05) is 12.5 Å². The lowest BCUT2D eigenvalue weighted by molar-refractivity contribution is -0.348. The van der Waals surface area contributed by atoms with E-state index in [-0.39, 0.29) is 25.7 Å². The summed E-state index contributed by atoms with van der Waals surface area (Å²) in [5, 5.41) is 12.0. The Labute approximate surface area is 187 Å². The van der Waals surface area contributed by atoms with Crippen LogP contribution >= 0.6 is 0 Å². The van der Waals surface area contributed by atoms with Gasteiger partial charge in [0.2, 0.25) is 5.91 Å². The Hall–Kier alpha value is -2.80. The number of carbonyl (C=O) groups excluding carboxylic acids is 1. The van der Waals surface area contributed by atoms with Crippen LogP contribution in [0.2, 0.25) is 0 Å². The summed E-state index contributed by atoms with van der Waals surface area (Å²) in [7, 11) is 0. The number of nitrogens with zero attached hydrogens (tertiary/aromatic N) is 1. The van der Waals surface area contributed by atoms with Crippen molar-refractivity contribution in [2.75, 3.05) is 13.2 Å². The fraction of sp³-hybridized carbons (Fsp3) is 0.417. The molecule has 2 aromatic carbocycles. The van der Waals surface area contributed by atoms with Gasteiger partial charge in [0.1, 0.15) is 31.0 Å². The number of hydrogen-bond donors (Lipinski definition) is 1. The number of hydrogen-bond acceptors (Lipinski definition) is 7. The molecule has 2 aromatic rings. The molecule has 32 heavy (non-hydrogen) atoms. The first-order valence-corrected chi connectivity index (χ1v) is 10.5. The zero-order chi connectivity index (χ0) is 22.3. The minimum atomic E-state index is -0.801. The van der Waals surface area contributed by atoms with Crippen molar-refractivity contribution in [3.8, 4) is 6.07 Å². The maximum Gasteiger partial charge on any atom is 0.217 e. The molecule has 0 radical (unpaired) electrons. The molecule has 2 fully saturated rings. The van der Waals surface area contributed by atoms with E-state index >= 15 is 0 Å². The van der Waals surface area contributed by atoms with Crippen molar-refractivity contribution < 1.29 is 28.5 Å². The molecular formula is C24H26N2O6. The lowest BCUT2D eigenvalue weighted by Crippen LogP contribution is -2.67. The molecule has 2 aliphatic heterocycles. The molecule has 168 valence electrons. The lowest BCUT2D eigenvalue weighted by Gasteiger charge is -2.49. The van der Waals surface area contributed by atoms with Gasteiger partial charge in [-0.3, -0.25) is 4.79 Å². The van der Waals surface area contributed by atoms with Crippen LogP contribution in [0.4, 0.5) is 0 Å². The number of carbonyl (C=O) groups is 1. The molecule has 0 spiro atoms. The zero-order valence-corrected chi connectivity index (χ0v) is 17.8. The Kier molecular flexibility index (Phi) is 7.47. The van der Waals surface area contributed by atoms with Gasteiger partial charge in [0.05, 0.1) is 19.3 Å². The number of nitrogens with one attached hydrogen (secondary N) is 1. The molecule has 2 saturated heterocycles. The van der Waals surface area contributed by atoms with Gasteiger partial charge in [-0.15, -0.1) is 0 Å². The van der Waals surface area contributed by atoms with Crippen molar-refractivity contribution in [2.45, 2.75) is 50.5 Å². The number of amides is 1. The number of ether oxygens (including phenoxy) is 5. The predicted molar refractivity (Wildman–Crippen MR) is 113 cm³/mol. The second-order valence-electron chi connectivity index (χ2n) is 7.68. The van der Waals surface area contributed by atoms with Crippen molar-refractivity contribution in [3.63, 3.8) is 0 Å². The molecule has 0 saturated carbocycles. The molecule has 2 heterocycles. The molecule has 1 amide bonds. The van der Waals surface area contributed by atoms with Crippen LogP contribution < -0.4 is 5.32 Å². The van der Waals surface area contributed by atoms with E-state index in [0.29, 0.717) is 0 Å². The number of nitriles is 1. The van der Waals surface area contributed by atoms with Crippen molar-refractivity contribution in [3.05, 3.63) is 71.8 Å². The van der Waals surface area contributed by atoms with Gasteiger partial charge >= 0.3 is 0 Å². The number of fused-ring (bicyclic) bond motifs is 1. The third-order valence-corrected chi connectivity index (χ3v) is 5.38. The maximum atomic E-state index is 12.0. The summed E-state index contributed by atoms with van der Waals surface area (Å²) in [6, 6.07) is 20.5. The van der Waals surface area contributed by atoms with Crippen molar-refractivity contribution >= 4 is 5.91 Å². The van der Waals surface area contributed by atoms with E-state index in [1.165, 1.54) is 6.92 Å². The third kappa shape index (κ3) is 5.33. The minimum absolute atomic E-state index is 0.157. The van der Waals surface area contributed by atoms with Gasteiger partial charge in [-0.2, -0.15) is 5.26 Å².